The summed E-state index contributed by atoms with van der Waals surface area (Å²) in [6.07, 6.45) is 0.887. The molecular formula is C21H23ClO3. The molecule has 0 amide bonds. The lowest BCUT2D eigenvalue weighted by Crippen LogP contribution is -2.16. The van der Waals surface area contributed by atoms with Crippen molar-refractivity contribution in [2.45, 2.75) is 18.8 Å². The summed E-state index contributed by atoms with van der Waals surface area (Å²) in [7, 11) is 4.98. The molecule has 4 heteroatoms. The summed E-state index contributed by atoms with van der Waals surface area (Å²) >= 11 is 6.34. The molecule has 0 radical (unpaired) electrons. The third-order valence-corrected chi connectivity index (χ3v) is 5.32. The van der Waals surface area contributed by atoms with E-state index < -0.39 is 0 Å². The van der Waals surface area contributed by atoms with Gasteiger partial charge in [-0.3, -0.25) is 0 Å². The largest absolute Gasteiger partial charge is 0.496 e. The van der Waals surface area contributed by atoms with Crippen molar-refractivity contribution >= 4 is 17.2 Å². The number of rotatable bonds is 7. The molecule has 3 nitrogen and oxygen atoms in total. The van der Waals surface area contributed by atoms with Crippen LogP contribution in [0.4, 0.5) is 0 Å². The first-order valence-corrected chi connectivity index (χ1v) is 8.87. The van der Waals surface area contributed by atoms with Gasteiger partial charge in [0.1, 0.15) is 17.2 Å². The Balaban J connectivity index is 2.20. The van der Waals surface area contributed by atoms with E-state index in [0.29, 0.717) is 11.6 Å². The van der Waals surface area contributed by atoms with Crippen molar-refractivity contribution < 1.29 is 14.2 Å². The Bertz CT molecular complexity index is 773. The van der Waals surface area contributed by atoms with Crippen LogP contribution in [0.15, 0.2) is 48.0 Å². The lowest BCUT2D eigenvalue weighted by Gasteiger charge is -2.25. The molecule has 132 valence electrons. The minimum Gasteiger partial charge on any atom is -0.496 e. The molecule has 0 heterocycles. The zero-order valence-electron chi connectivity index (χ0n) is 15.1. The Hall–Kier alpha value is -2.13. The van der Waals surface area contributed by atoms with Gasteiger partial charge in [0.05, 0.1) is 32.3 Å². The van der Waals surface area contributed by atoms with Gasteiger partial charge in [-0.25, -0.2) is 0 Å². The summed E-state index contributed by atoms with van der Waals surface area (Å²) in [6, 6.07) is 14.2. The van der Waals surface area contributed by atoms with E-state index >= 15 is 0 Å². The molecule has 0 bridgehead atoms. The van der Waals surface area contributed by atoms with Gasteiger partial charge in [-0.2, -0.15) is 0 Å². The molecule has 2 aromatic rings. The lowest BCUT2D eigenvalue weighted by molar-refractivity contribution is 0.363. The number of ether oxygens (including phenoxy) is 3. The Morgan fingerprint density at radius 1 is 0.920 bits per heavy atom. The predicted octanol–water partition coefficient (Wildman–Crippen LogP) is 5.07. The summed E-state index contributed by atoms with van der Waals surface area (Å²) in [5.41, 5.74) is 4.46. The highest BCUT2D eigenvalue weighted by Crippen LogP contribution is 2.65. The highest BCUT2D eigenvalue weighted by Gasteiger charge is 2.55. The maximum atomic E-state index is 6.34. The Kier molecular flexibility index (Phi) is 4.96. The Labute approximate surface area is 154 Å². The van der Waals surface area contributed by atoms with Crippen molar-refractivity contribution in [1.82, 2.24) is 0 Å². The number of methoxy groups -OCH3 is 3. The van der Waals surface area contributed by atoms with Gasteiger partial charge in [0.15, 0.2) is 0 Å². The van der Waals surface area contributed by atoms with Crippen molar-refractivity contribution in [3.8, 4) is 17.2 Å². The Morgan fingerprint density at radius 3 is 1.96 bits per heavy atom. The van der Waals surface area contributed by atoms with Gasteiger partial charge in [0, 0.05) is 18.0 Å². The van der Waals surface area contributed by atoms with Crippen LogP contribution in [0.3, 0.4) is 0 Å². The third-order valence-electron chi connectivity index (χ3n) is 5.05. The van der Waals surface area contributed by atoms with E-state index in [-0.39, 0.29) is 5.41 Å². The van der Waals surface area contributed by atoms with Crippen LogP contribution < -0.4 is 14.2 Å². The van der Waals surface area contributed by atoms with Gasteiger partial charge in [0.2, 0.25) is 0 Å². The van der Waals surface area contributed by atoms with E-state index in [1.54, 1.807) is 21.3 Å². The van der Waals surface area contributed by atoms with Crippen molar-refractivity contribution in [2.24, 2.45) is 0 Å². The zero-order chi connectivity index (χ0) is 18.0. The summed E-state index contributed by atoms with van der Waals surface area (Å²) in [5, 5.41) is 0. The van der Waals surface area contributed by atoms with E-state index in [9.17, 15) is 0 Å². The second-order valence-corrected chi connectivity index (χ2v) is 6.29. The first-order valence-electron chi connectivity index (χ1n) is 8.33. The lowest BCUT2D eigenvalue weighted by atomic mass is 9.82. The van der Waals surface area contributed by atoms with Gasteiger partial charge >= 0.3 is 0 Å². The first kappa shape index (κ1) is 17.7. The molecule has 25 heavy (non-hydrogen) atoms. The predicted molar refractivity (Wildman–Crippen MR) is 102 cm³/mol. The van der Waals surface area contributed by atoms with Crippen LogP contribution in [-0.2, 0) is 5.41 Å². The van der Waals surface area contributed by atoms with Crippen LogP contribution in [0.25, 0.3) is 5.57 Å². The molecule has 0 saturated heterocycles. The molecule has 0 N–H and O–H groups in total. The fourth-order valence-electron chi connectivity index (χ4n) is 3.85. The highest BCUT2D eigenvalue weighted by atomic mass is 35.5. The highest BCUT2D eigenvalue weighted by molar-refractivity contribution is 6.22. The molecule has 1 unspecified atom stereocenters. The van der Waals surface area contributed by atoms with Crippen LogP contribution in [0.2, 0.25) is 0 Å². The van der Waals surface area contributed by atoms with Gasteiger partial charge < -0.3 is 14.2 Å². The van der Waals surface area contributed by atoms with Crippen LogP contribution >= 0.6 is 11.6 Å². The third kappa shape index (κ3) is 2.67. The zero-order valence-corrected chi connectivity index (χ0v) is 15.8. The molecule has 0 saturated carbocycles. The standard InChI is InChI=1S/C21H23ClO3/c1-5-21(16(13-22)19(21)14-9-7-6-8-10-14)20-17(24-3)11-15(23-2)12-18(20)25-4/h6-12H,5,13H2,1-4H3. The molecule has 1 atom stereocenters. The van der Waals surface area contributed by atoms with Gasteiger partial charge in [-0.15, -0.1) is 11.6 Å². The molecule has 0 aromatic heterocycles. The van der Waals surface area contributed by atoms with Crippen LogP contribution in [0.5, 0.6) is 17.2 Å². The molecule has 2 aromatic carbocycles. The topological polar surface area (TPSA) is 27.7 Å². The number of alkyl halides is 1. The van der Waals surface area contributed by atoms with Crippen LogP contribution in [0, 0.1) is 0 Å². The van der Waals surface area contributed by atoms with Crippen molar-refractivity contribution in [3.05, 3.63) is 59.2 Å². The number of hydrogen-bond donors (Lipinski definition) is 0. The number of hydrogen-bond acceptors (Lipinski definition) is 3. The second-order valence-electron chi connectivity index (χ2n) is 6.02. The first-order chi connectivity index (χ1) is 12.2. The number of allylic oxidation sites excluding steroid dienone is 2. The van der Waals surface area contributed by atoms with Crippen molar-refractivity contribution in [3.63, 3.8) is 0 Å². The van der Waals surface area contributed by atoms with Gasteiger partial charge in [-0.1, -0.05) is 37.3 Å². The second kappa shape index (κ2) is 7.01. The molecule has 0 spiro atoms. The van der Waals surface area contributed by atoms with Crippen molar-refractivity contribution in [2.75, 3.05) is 27.2 Å². The van der Waals surface area contributed by atoms with E-state index in [1.165, 1.54) is 16.7 Å². The molecule has 0 aliphatic heterocycles. The van der Waals surface area contributed by atoms with E-state index in [1.807, 2.05) is 18.2 Å². The smallest absolute Gasteiger partial charge is 0.130 e. The minimum atomic E-state index is -0.258. The normalized spacial score (nSPS) is 18.9. The average molecular weight is 359 g/mol. The van der Waals surface area contributed by atoms with Crippen molar-refractivity contribution in [1.29, 1.82) is 0 Å². The molecule has 0 fully saturated rings. The summed E-state index contributed by atoms with van der Waals surface area (Å²) < 4.78 is 16.8. The minimum absolute atomic E-state index is 0.258. The summed E-state index contributed by atoms with van der Waals surface area (Å²) in [5.74, 6) is 2.70. The average Bonchev–Trinajstić information content (AvgIpc) is 3.35. The van der Waals surface area contributed by atoms with Crippen LogP contribution in [-0.4, -0.2) is 27.2 Å². The fraction of sp³-hybridized carbons (Fsp3) is 0.333. The number of benzene rings is 2. The monoisotopic (exact) mass is 358 g/mol. The molecule has 1 aliphatic rings. The van der Waals surface area contributed by atoms with Crippen LogP contribution in [0.1, 0.15) is 24.5 Å². The fourth-order valence-corrected chi connectivity index (χ4v) is 4.21. The maximum Gasteiger partial charge on any atom is 0.130 e. The van der Waals surface area contributed by atoms with Gasteiger partial charge in [-0.05, 0) is 23.1 Å². The summed E-state index contributed by atoms with van der Waals surface area (Å²) in [4.78, 5) is 0. The van der Waals surface area contributed by atoms with E-state index in [4.69, 9.17) is 25.8 Å². The Morgan fingerprint density at radius 2 is 1.52 bits per heavy atom. The molecular weight excluding hydrogens is 336 g/mol. The quantitative estimate of drug-likeness (QED) is 0.647. The molecule has 1 aliphatic carbocycles. The van der Waals surface area contributed by atoms with Gasteiger partial charge in [0.25, 0.3) is 0 Å². The SMILES string of the molecule is CCC1(c2c(OC)cc(OC)cc2OC)C(CCl)=C1c1ccccc1. The van der Waals surface area contributed by atoms with E-state index in [2.05, 4.69) is 31.2 Å². The van der Waals surface area contributed by atoms with E-state index in [0.717, 1.165) is 23.5 Å². The molecule has 3 rings (SSSR count). The number of halogens is 1. The maximum absolute atomic E-state index is 6.34. The summed E-state index contributed by atoms with van der Waals surface area (Å²) in [6.45, 7) is 2.17.